The number of hydrogen-bond acceptors (Lipinski definition) is 4. The third kappa shape index (κ3) is 10.2. The molecule has 0 spiro atoms. The Balaban J connectivity index is 0. The lowest BCUT2D eigenvalue weighted by Gasteiger charge is -1.92. The van der Waals surface area contributed by atoms with Crippen molar-refractivity contribution in [3.05, 3.63) is 0 Å². The van der Waals surface area contributed by atoms with Crippen LogP contribution in [-0.2, 0) is 14.5 Å². The molecule has 0 radical (unpaired) electrons. The summed E-state index contributed by atoms with van der Waals surface area (Å²) in [6, 6.07) is 0. The van der Waals surface area contributed by atoms with Gasteiger partial charge in [0.2, 0.25) is 0 Å². The number of unbranched alkanes of at least 4 members (excludes halogenated alkanes) is 1. The predicted molar refractivity (Wildman–Crippen MR) is 45.8 cm³/mol. The van der Waals surface area contributed by atoms with Gasteiger partial charge in [-0.05, 0) is 17.2 Å². The van der Waals surface area contributed by atoms with Gasteiger partial charge in [-0.3, -0.25) is 0 Å². The van der Waals surface area contributed by atoms with Crippen LogP contribution in [0.4, 0.5) is 4.53 Å². The number of hydrogen-bond donors (Lipinski definition) is 1. The Bertz CT molecular complexity index is 155. The Hall–Kier alpha value is 0.190. The van der Waals surface area contributed by atoms with E-state index in [0.29, 0.717) is 12.8 Å². The fourth-order valence-electron chi connectivity index (χ4n) is 0.353. The van der Waals surface area contributed by atoms with Gasteiger partial charge < -0.3 is 0 Å². The van der Waals surface area contributed by atoms with Gasteiger partial charge in [0.1, 0.15) is 0 Å². The van der Waals surface area contributed by atoms with Crippen LogP contribution in [-0.4, -0.2) is 20.4 Å². The minimum atomic E-state index is -3.85. The number of thiol groups is 1. The molecule has 0 rings (SSSR count). The molecule has 0 saturated heterocycles. The maximum absolute atomic E-state index is 11.0. The van der Waals surface area contributed by atoms with E-state index in [9.17, 15) is 12.9 Å². The van der Waals surface area contributed by atoms with Crippen molar-refractivity contribution in [3.8, 4) is 0 Å². The summed E-state index contributed by atoms with van der Waals surface area (Å²) in [5, 5.41) is 0. The molecule has 0 aliphatic heterocycles. The minimum Gasteiger partial charge on any atom is -0.197 e. The predicted octanol–water partition coefficient (Wildman–Crippen LogP) is 1.56. The Morgan fingerprint density at radius 1 is 1.45 bits per heavy atom. The van der Waals surface area contributed by atoms with E-state index in [2.05, 4.69) is 17.0 Å². The van der Waals surface area contributed by atoms with Crippen LogP contribution in [0.5, 0.6) is 0 Å². The largest absolute Gasteiger partial charge is 0.297 e. The molecule has 0 fully saturated rings. The zero-order valence-corrected chi connectivity index (χ0v) is 8.29. The molecular formula is C5H13FO3S2. The second kappa shape index (κ2) is 8.29. The first-order valence-corrected chi connectivity index (χ1v) is 5.57. The normalized spacial score (nSPS) is 10.2. The summed E-state index contributed by atoms with van der Waals surface area (Å²) in [5.41, 5.74) is 0. The zero-order chi connectivity index (χ0) is 9.33. The molecule has 0 heterocycles. The first-order valence-electron chi connectivity index (χ1n) is 3.10. The second-order valence-electron chi connectivity index (χ2n) is 1.68. The fraction of sp³-hybridized carbons (Fsp3) is 1.00. The van der Waals surface area contributed by atoms with Gasteiger partial charge in [-0.1, -0.05) is 17.7 Å². The van der Waals surface area contributed by atoms with E-state index >= 15 is 0 Å². The minimum absolute atomic E-state index is 0.236. The molecule has 0 aromatic heterocycles. The maximum atomic E-state index is 11.0. The van der Waals surface area contributed by atoms with E-state index in [0.717, 1.165) is 0 Å². The van der Waals surface area contributed by atoms with Crippen LogP contribution in [0.1, 0.15) is 19.8 Å². The van der Waals surface area contributed by atoms with Crippen molar-refractivity contribution in [1.82, 2.24) is 0 Å². The molecule has 6 heteroatoms. The molecule has 70 valence electrons. The van der Waals surface area contributed by atoms with Crippen molar-refractivity contribution >= 4 is 22.7 Å². The van der Waals surface area contributed by atoms with Crippen molar-refractivity contribution in [1.29, 1.82) is 0 Å². The number of rotatable bonds is 4. The van der Waals surface area contributed by atoms with Crippen molar-refractivity contribution in [3.63, 3.8) is 0 Å². The summed E-state index contributed by atoms with van der Waals surface area (Å²) in [6.45, 7) is 1.81. The lowest BCUT2D eigenvalue weighted by molar-refractivity contribution is 0.00290. The summed E-state index contributed by atoms with van der Waals surface area (Å²) >= 11 is 3.53. The average molecular weight is 204 g/mol. The van der Waals surface area contributed by atoms with Crippen molar-refractivity contribution in [2.24, 2.45) is 0 Å². The molecule has 0 aliphatic carbocycles. The molecule has 0 aromatic rings. The molecule has 0 bridgehead atoms. The highest BCUT2D eigenvalue weighted by atomic mass is 32.2. The van der Waals surface area contributed by atoms with Crippen LogP contribution in [0, 0.1) is 0 Å². The highest BCUT2D eigenvalue weighted by Gasteiger charge is 2.08. The maximum Gasteiger partial charge on any atom is 0.297 e. The Morgan fingerprint density at radius 3 is 2.18 bits per heavy atom. The van der Waals surface area contributed by atoms with Gasteiger partial charge in [0.15, 0.2) is 0 Å². The monoisotopic (exact) mass is 204 g/mol. The quantitative estimate of drug-likeness (QED) is 0.707. The van der Waals surface area contributed by atoms with E-state index in [1.54, 1.807) is 6.26 Å². The Labute approximate surface area is 72.4 Å². The summed E-state index contributed by atoms with van der Waals surface area (Å²) in [4.78, 5) is 0. The topological polar surface area (TPSA) is 43.4 Å². The van der Waals surface area contributed by atoms with E-state index in [1.165, 1.54) is 0 Å². The summed E-state index contributed by atoms with van der Waals surface area (Å²) in [6.07, 6.45) is 2.84. The molecule has 0 aromatic carbocycles. The molecule has 11 heavy (non-hydrogen) atoms. The van der Waals surface area contributed by atoms with Crippen LogP contribution >= 0.6 is 12.6 Å². The van der Waals surface area contributed by atoms with Gasteiger partial charge in [0.05, 0.1) is 5.75 Å². The van der Waals surface area contributed by atoms with Crippen molar-refractivity contribution in [2.75, 3.05) is 12.0 Å². The molecule has 0 atom stereocenters. The molecule has 0 saturated carbocycles. The first-order chi connectivity index (χ1) is 5.12. The summed E-state index contributed by atoms with van der Waals surface area (Å²) in [7, 11) is -3.85. The van der Waals surface area contributed by atoms with E-state index in [-0.39, 0.29) is 5.75 Å². The van der Waals surface area contributed by atoms with Crippen LogP contribution in [0.2, 0.25) is 0 Å². The zero-order valence-electron chi connectivity index (χ0n) is 6.58. The van der Waals surface area contributed by atoms with Gasteiger partial charge >= 0.3 is 0 Å². The molecule has 3 nitrogen and oxygen atoms in total. The first kappa shape index (κ1) is 13.8. The van der Waals surface area contributed by atoms with Gasteiger partial charge in [-0.15, -0.1) is 0 Å². The lowest BCUT2D eigenvalue weighted by Crippen LogP contribution is -2.04. The number of halogens is 1. The summed E-state index contributed by atoms with van der Waals surface area (Å²) < 4.78 is 34.0. The molecule has 0 N–H and O–H groups in total. The highest BCUT2D eigenvalue weighted by Crippen LogP contribution is 1.98. The molecular weight excluding hydrogens is 191 g/mol. The molecule has 0 unspecified atom stereocenters. The smallest absolute Gasteiger partial charge is 0.197 e. The Kier molecular flexibility index (Phi) is 10.4. The van der Waals surface area contributed by atoms with Crippen LogP contribution in [0.15, 0.2) is 0 Å². The van der Waals surface area contributed by atoms with Gasteiger partial charge in [-0.2, -0.15) is 21.0 Å². The third-order valence-corrected chi connectivity index (χ3v) is 1.82. The van der Waals surface area contributed by atoms with Crippen LogP contribution in [0.3, 0.4) is 0 Å². The lowest BCUT2D eigenvalue weighted by atomic mass is 10.4. The summed E-state index contributed by atoms with van der Waals surface area (Å²) in [5.74, 6) is -0.236. The third-order valence-electron chi connectivity index (χ3n) is 0.844. The van der Waals surface area contributed by atoms with Crippen molar-refractivity contribution in [2.45, 2.75) is 19.8 Å². The SMILES string of the molecule is CCCCS(=O)(=O)OF.CS. The standard InChI is InChI=1S/C4H9FO3S.CH4S/c1-2-3-4-9(6,7)8-5;1-2/h2-4H2,1H3;2H,1H3. The van der Waals surface area contributed by atoms with Crippen LogP contribution < -0.4 is 0 Å². The van der Waals surface area contributed by atoms with Crippen LogP contribution in [0.25, 0.3) is 0 Å². The highest BCUT2D eigenvalue weighted by molar-refractivity contribution is 7.86. The van der Waals surface area contributed by atoms with Gasteiger partial charge in [-0.25, -0.2) is 0 Å². The van der Waals surface area contributed by atoms with Gasteiger partial charge in [0.25, 0.3) is 10.1 Å². The molecule has 0 amide bonds. The Morgan fingerprint density at radius 2 is 1.91 bits per heavy atom. The molecule has 0 aliphatic rings. The average Bonchev–Trinajstić information content (AvgIpc) is 2.05. The van der Waals surface area contributed by atoms with E-state index < -0.39 is 10.1 Å². The van der Waals surface area contributed by atoms with Crippen molar-refractivity contribution < 1.29 is 17.3 Å². The van der Waals surface area contributed by atoms with Gasteiger partial charge in [0, 0.05) is 0 Å². The van der Waals surface area contributed by atoms with E-state index in [1.807, 2.05) is 6.92 Å². The van der Waals surface area contributed by atoms with E-state index in [4.69, 9.17) is 0 Å². The fourth-order valence-corrected chi connectivity index (χ4v) is 1.06. The second-order valence-corrected chi connectivity index (χ2v) is 3.33.